The van der Waals surface area contributed by atoms with E-state index in [1.54, 1.807) is 21.9 Å². The summed E-state index contributed by atoms with van der Waals surface area (Å²) in [6, 6.07) is 3.17. The molecule has 6 nitrogen and oxygen atoms in total. The van der Waals surface area contributed by atoms with E-state index in [0.717, 1.165) is 0 Å². The van der Waals surface area contributed by atoms with Gasteiger partial charge in [0.15, 0.2) is 0 Å². The van der Waals surface area contributed by atoms with E-state index in [-0.39, 0.29) is 17.7 Å². The summed E-state index contributed by atoms with van der Waals surface area (Å²) in [6.45, 7) is 11.2. The first-order valence-corrected chi connectivity index (χ1v) is 10.1. The van der Waals surface area contributed by atoms with Crippen molar-refractivity contribution >= 4 is 43.9 Å². The van der Waals surface area contributed by atoms with E-state index in [2.05, 4.69) is 31.9 Å². The second-order valence-corrected chi connectivity index (χ2v) is 8.26. The van der Waals surface area contributed by atoms with Gasteiger partial charge in [0.1, 0.15) is 11.4 Å². The van der Waals surface area contributed by atoms with Gasteiger partial charge in [-0.05, 0) is 64.8 Å². The number of hydrogen-bond acceptors (Lipinski definition) is 4. The van der Waals surface area contributed by atoms with Gasteiger partial charge in [0.2, 0.25) is 0 Å². The first-order chi connectivity index (χ1) is 12.1. The van der Waals surface area contributed by atoms with E-state index >= 15 is 0 Å². The number of piperazine rings is 1. The highest BCUT2D eigenvalue weighted by Crippen LogP contribution is 2.33. The summed E-state index contributed by atoms with van der Waals surface area (Å²) in [5.74, 6) is -0.0819. The van der Waals surface area contributed by atoms with Gasteiger partial charge in [-0.25, -0.2) is 4.79 Å². The van der Waals surface area contributed by atoms with Crippen LogP contribution in [0.1, 0.15) is 45.0 Å². The summed E-state index contributed by atoms with van der Waals surface area (Å²) in [5, 5.41) is 9.73. The number of rotatable bonds is 1. The second kappa shape index (κ2) is 9.60. The number of aromatic hydroxyl groups is 1. The Hall–Kier alpha value is -1.28. The number of carbonyl (C=O) groups excluding carboxylic acids is 2. The van der Waals surface area contributed by atoms with Crippen LogP contribution in [0.4, 0.5) is 4.79 Å². The van der Waals surface area contributed by atoms with Crippen molar-refractivity contribution < 1.29 is 19.4 Å². The molecule has 0 radical (unpaired) electrons. The van der Waals surface area contributed by atoms with Crippen LogP contribution in [-0.4, -0.2) is 58.7 Å². The molecule has 1 fully saturated rings. The van der Waals surface area contributed by atoms with E-state index in [9.17, 15) is 14.7 Å². The molecule has 146 valence electrons. The van der Waals surface area contributed by atoms with Gasteiger partial charge in [-0.15, -0.1) is 0 Å². The third-order valence-corrected chi connectivity index (χ3v) is 4.69. The molecule has 1 aromatic carbocycles. The zero-order chi connectivity index (χ0) is 20.1. The zero-order valence-electron chi connectivity index (χ0n) is 15.8. The first kappa shape index (κ1) is 22.8. The molecular weight excluding hydrogens is 468 g/mol. The van der Waals surface area contributed by atoms with Crippen molar-refractivity contribution in [2.24, 2.45) is 0 Å². The molecule has 26 heavy (non-hydrogen) atoms. The number of benzene rings is 1. The molecule has 1 N–H and O–H groups in total. The van der Waals surface area contributed by atoms with Gasteiger partial charge < -0.3 is 19.6 Å². The molecule has 0 saturated carbocycles. The van der Waals surface area contributed by atoms with Crippen LogP contribution in [-0.2, 0) is 4.74 Å². The highest BCUT2D eigenvalue weighted by Gasteiger charge is 2.28. The van der Waals surface area contributed by atoms with Gasteiger partial charge in [-0.2, -0.15) is 0 Å². The maximum atomic E-state index is 12.6. The van der Waals surface area contributed by atoms with Gasteiger partial charge >= 0.3 is 6.09 Å². The van der Waals surface area contributed by atoms with Gasteiger partial charge in [-0.1, -0.05) is 13.8 Å². The number of carbonyl (C=O) groups is 2. The van der Waals surface area contributed by atoms with Crippen molar-refractivity contribution in [1.82, 2.24) is 9.80 Å². The largest absolute Gasteiger partial charge is 0.506 e. The topological polar surface area (TPSA) is 70.1 Å². The van der Waals surface area contributed by atoms with Crippen molar-refractivity contribution in [2.45, 2.75) is 40.2 Å². The highest BCUT2D eigenvalue weighted by atomic mass is 79.9. The second-order valence-electron chi connectivity index (χ2n) is 6.55. The van der Waals surface area contributed by atoms with E-state index < -0.39 is 5.60 Å². The number of amides is 2. The van der Waals surface area contributed by atoms with Crippen molar-refractivity contribution in [3.05, 3.63) is 26.6 Å². The zero-order valence-corrected chi connectivity index (χ0v) is 19.0. The van der Waals surface area contributed by atoms with Gasteiger partial charge in [-0.3, -0.25) is 4.79 Å². The minimum atomic E-state index is -0.533. The van der Waals surface area contributed by atoms with Crippen LogP contribution >= 0.6 is 31.9 Å². The molecule has 2 amide bonds. The minimum Gasteiger partial charge on any atom is -0.506 e. The Kier molecular flexibility index (Phi) is 8.40. The minimum absolute atomic E-state index is 0.0568. The fraction of sp³-hybridized carbons (Fsp3) is 0.556. The Bertz CT molecular complexity index is 628. The monoisotopic (exact) mass is 492 g/mol. The van der Waals surface area contributed by atoms with Crippen molar-refractivity contribution in [3.8, 4) is 5.75 Å². The average Bonchev–Trinajstić information content (AvgIpc) is 2.59. The lowest BCUT2D eigenvalue weighted by atomic mass is 10.1. The van der Waals surface area contributed by atoms with Crippen LogP contribution in [0.3, 0.4) is 0 Å². The predicted molar refractivity (Wildman–Crippen MR) is 109 cm³/mol. The highest BCUT2D eigenvalue weighted by molar-refractivity contribution is 9.11. The summed E-state index contributed by atoms with van der Waals surface area (Å²) in [4.78, 5) is 27.9. The normalized spacial score (nSPS) is 14.4. The molecule has 0 atom stereocenters. The summed E-state index contributed by atoms with van der Waals surface area (Å²) >= 11 is 6.45. The number of hydrogen-bond donors (Lipinski definition) is 1. The third-order valence-electron chi connectivity index (χ3n) is 3.48. The third kappa shape index (κ3) is 6.16. The smallest absolute Gasteiger partial charge is 0.410 e. The van der Waals surface area contributed by atoms with Crippen LogP contribution < -0.4 is 0 Å². The van der Waals surface area contributed by atoms with Crippen LogP contribution in [0.2, 0.25) is 0 Å². The molecule has 0 bridgehead atoms. The number of halogens is 2. The lowest BCUT2D eigenvalue weighted by Crippen LogP contribution is -2.51. The molecular formula is C18H26Br2N2O4. The van der Waals surface area contributed by atoms with Gasteiger partial charge in [0.05, 0.1) is 8.95 Å². The fourth-order valence-corrected chi connectivity index (χ4v) is 3.48. The summed E-state index contributed by atoms with van der Waals surface area (Å²) in [5.41, 5.74) is -0.0634. The number of phenols is 1. The molecule has 0 aromatic heterocycles. The van der Waals surface area contributed by atoms with Crippen LogP contribution in [0.25, 0.3) is 0 Å². The molecule has 1 aliphatic heterocycles. The van der Waals surface area contributed by atoms with E-state index in [1.807, 2.05) is 34.6 Å². The Balaban J connectivity index is 0.00000163. The molecule has 0 aliphatic carbocycles. The average molecular weight is 494 g/mol. The van der Waals surface area contributed by atoms with E-state index in [4.69, 9.17) is 4.74 Å². The molecule has 0 spiro atoms. The maximum Gasteiger partial charge on any atom is 0.410 e. The predicted octanol–water partition coefficient (Wildman–Crippen LogP) is 4.64. The van der Waals surface area contributed by atoms with E-state index in [0.29, 0.717) is 40.7 Å². The molecule has 1 aliphatic rings. The van der Waals surface area contributed by atoms with Crippen LogP contribution in [0.5, 0.6) is 5.75 Å². The molecule has 2 rings (SSSR count). The Morgan fingerprint density at radius 1 is 1.00 bits per heavy atom. The Morgan fingerprint density at radius 3 is 1.85 bits per heavy atom. The summed E-state index contributed by atoms with van der Waals surface area (Å²) in [7, 11) is 0. The van der Waals surface area contributed by atoms with Crippen LogP contribution in [0, 0.1) is 0 Å². The van der Waals surface area contributed by atoms with E-state index in [1.165, 1.54) is 0 Å². The maximum absolute atomic E-state index is 12.6. The Morgan fingerprint density at radius 2 is 1.42 bits per heavy atom. The molecule has 1 heterocycles. The summed E-state index contributed by atoms with van der Waals surface area (Å²) in [6.07, 6.45) is -0.357. The standard InChI is InChI=1S/C16H20Br2N2O4.C2H6/c1-16(2,3)24-15(23)20-6-4-19(5-7-20)14(22)10-8-11(17)13(21)12(18)9-10;1-2/h8-9,21H,4-7H2,1-3H3;1-2H3. The van der Waals surface area contributed by atoms with Crippen molar-refractivity contribution in [2.75, 3.05) is 26.2 Å². The SMILES string of the molecule is CC.CC(C)(C)OC(=O)N1CCN(C(=O)c2cc(Br)c(O)c(Br)c2)CC1. The molecule has 1 aromatic rings. The molecule has 0 unspecified atom stereocenters. The fourth-order valence-electron chi connectivity index (χ4n) is 2.29. The first-order valence-electron chi connectivity index (χ1n) is 8.53. The van der Waals surface area contributed by atoms with Crippen molar-refractivity contribution in [3.63, 3.8) is 0 Å². The van der Waals surface area contributed by atoms with Gasteiger partial charge in [0, 0.05) is 31.7 Å². The quantitative estimate of drug-likeness (QED) is 0.618. The Labute approximate surface area is 171 Å². The number of nitrogens with zero attached hydrogens (tertiary/aromatic N) is 2. The van der Waals surface area contributed by atoms with Crippen molar-refractivity contribution in [1.29, 1.82) is 0 Å². The molecule has 1 saturated heterocycles. The van der Waals surface area contributed by atoms with Gasteiger partial charge in [0.25, 0.3) is 5.91 Å². The molecule has 8 heteroatoms. The number of phenolic OH excluding ortho intramolecular Hbond substituents is 1. The number of ether oxygens (including phenoxy) is 1. The van der Waals surface area contributed by atoms with Crippen LogP contribution in [0.15, 0.2) is 21.1 Å². The summed E-state index contributed by atoms with van der Waals surface area (Å²) < 4.78 is 6.25. The lowest BCUT2D eigenvalue weighted by molar-refractivity contribution is 0.0141. The lowest BCUT2D eigenvalue weighted by Gasteiger charge is -2.35.